The number of aliphatic carboxylic acids is 1. The topological polar surface area (TPSA) is 205 Å². The monoisotopic (exact) mass is 397 g/mol. The number of unbranched alkanes of at least 4 members (excludes halogenated alkanes) is 1. The summed E-state index contributed by atoms with van der Waals surface area (Å²) in [6.45, 7) is -0.478. The standard InChI is InChI=1S/C16H27N7O5/c17-4-2-1-3-11(18)15(27)23-12(5-10-6-19-9-22-10)16(28)21-7-13(24)20-8-14(25)26/h6,9,11-12H,1-5,7-8,17-18H2,(H,19,22)(H,20,24)(H,21,28)(H,23,27)(H,25,26). The molecule has 1 aromatic rings. The van der Waals surface area contributed by atoms with Crippen LogP contribution in [0.1, 0.15) is 25.0 Å². The number of hydrogen-bond acceptors (Lipinski definition) is 7. The first-order valence-electron chi connectivity index (χ1n) is 8.83. The number of imidazole rings is 1. The zero-order valence-electron chi connectivity index (χ0n) is 15.4. The van der Waals surface area contributed by atoms with Crippen molar-refractivity contribution in [3.63, 3.8) is 0 Å². The number of nitrogens with two attached hydrogens (primary N) is 2. The molecule has 0 aliphatic carbocycles. The second-order valence-electron chi connectivity index (χ2n) is 6.12. The number of carboxylic acids is 1. The summed E-state index contributed by atoms with van der Waals surface area (Å²) >= 11 is 0. The number of nitrogens with zero attached hydrogens (tertiary/aromatic N) is 1. The second kappa shape index (κ2) is 12.4. The van der Waals surface area contributed by atoms with E-state index in [9.17, 15) is 19.2 Å². The largest absolute Gasteiger partial charge is 0.480 e. The zero-order valence-corrected chi connectivity index (χ0v) is 15.4. The molecule has 0 radical (unpaired) electrons. The summed E-state index contributed by atoms with van der Waals surface area (Å²) in [6, 6.07) is -1.77. The van der Waals surface area contributed by atoms with Crippen LogP contribution in [0.25, 0.3) is 0 Å². The molecule has 12 nitrogen and oxygen atoms in total. The van der Waals surface area contributed by atoms with Gasteiger partial charge in [-0.3, -0.25) is 19.2 Å². The van der Waals surface area contributed by atoms with E-state index in [1.165, 1.54) is 12.5 Å². The number of carbonyl (C=O) groups is 4. The molecule has 2 atom stereocenters. The number of H-pyrrole nitrogens is 1. The number of carboxylic acid groups (broad SMARTS) is 1. The Morgan fingerprint density at radius 3 is 2.50 bits per heavy atom. The van der Waals surface area contributed by atoms with E-state index in [0.717, 1.165) is 6.42 Å². The minimum Gasteiger partial charge on any atom is -0.480 e. The van der Waals surface area contributed by atoms with Crippen LogP contribution >= 0.6 is 0 Å². The van der Waals surface area contributed by atoms with Gasteiger partial charge in [-0.05, 0) is 19.4 Å². The third-order valence-corrected chi connectivity index (χ3v) is 3.78. The quantitative estimate of drug-likeness (QED) is 0.173. The van der Waals surface area contributed by atoms with Gasteiger partial charge in [0.1, 0.15) is 12.6 Å². The Morgan fingerprint density at radius 2 is 1.89 bits per heavy atom. The lowest BCUT2D eigenvalue weighted by molar-refractivity contribution is -0.138. The molecule has 1 heterocycles. The maximum atomic E-state index is 12.4. The van der Waals surface area contributed by atoms with Gasteiger partial charge in [0, 0.05) is 18.3 Å². The van der Waals surface area contributed by atoms with E-state index in [1.807, 2.05) is 0 Å². The van der Waals surface area contributed by atoms with E-state index in [4.69, 9.17) is 16.6 Å². The van der Waals surface area contributed by atoms with Crippen molar-refractivity contribution in [1.82, 2.24) is 25.9 Å². The molecule has 0 aliphatic rings. The normalized spacial score (nSPS) is 12.6. The molecule has 0 spiro atoms. The van der Waals surface area contributed by atoms with Crippen LogP contribution in [0.3, 0.4) is 0 Å². The van der Waals surface area contributed by atoms with Gasteiger partial charge in [0.15, 0.2) is 0 Å². The zero-order chi connectivity index (χ0) is 20.9. The van der Waals surface area contributed by atoms with Crippen molar-refractivity contribution in [3.05, 3.63) is 18.2 Å². The van der Waals surface area contributed by atoms with Gasteiger partial charge in [0.2, 0.25) is 17.7 Å². The highest BCUT2D eigenvalue weighted by Crippen LogP contribution is 2.02. The highest BCUT2D eigenvalue weighted by molar-refractivity contribution is 5.92. The van der Waals surface area contributed by atoms with E-state index in [2.05, 4.69) is 25.9 Å². The summed E-state index contributed by atoms with van der Waals surface area (Å²) in [5.74, 6) is -2.97. The number of aromatic amines is 1. The predicted octanol–water partition coefficient (Wildman–Crippen LogP) is -2.79. The van der Waals surface area contributed by atoms with Gasteiger partial charge in [-0.15, -0.1) is 0 Å². The predicted molar refractivity (Wildman–Crippen MR) is 98.8 cm³/mol. The molecule has 1 rings (SSSR count). The van der Waals surface area contributed by atoms with Crippen LogP contribution in [-0.2, 0) is 25.6 Å². The fraction of sp³-hybridized carbons (Fsp3) is 0.562. The number of carbonyl (C=O) groups excluding carboxylic acids is 3. The van der Waals surface area contributed by atoms with Crippen molar-refractivity contribution in [3.8, 4) is 0 Å². The van der Waals surface area contributed by atoms with Crippen molar-refractivity contribution >= 4 is 23.7 Å². The minimum atomic E-state index is -1.20. The Labute approximate surface area is 161 Å². The molecule has 0 saturated carbocycles. The lowest BCUT2D eigenvalue weighted by Crippen LogP contribution is -2.53. The average Bonchev–Trinajstić information content (AvgIpc) is 3.16. The smallest absolute Gasteiger partial charge is 0.322 e. The van der Waals surface area contributed by atoms with Crippen LogP contribution in [0.4, 0.5) is 0 Å². The molecule has 28 heavy (non-hydrogen) atoms. The van der Waals surface area contributed by atoms with E-state index >= 15 is 0 Å². The van der Waals surface area contributed by atoms with Crippen LogP contribution < -0.4 is 27.4 Å². The highest BCUT2D eigenvalue weighted by Gasteiger charge is 2.24. The molecule has 0 aromatic carbocycles. The molecular formula is C16H27N7O5. The van der Waals surface area contributed by atoms with Gasteiger partial charge < -0.3 is 37.5 Å². The van der Waals surface area contributed by atoms with E-state index < -0.39 is 48.9 Å². The molecule has 0 aliphatic heterocycles. The van der Waals surface area contributed by atoms with Crippen LogP contribution in [0, 0.1) is 0 Å². The maximum absolute atomic E-state index is 12.4. The highest BCUT2D eigenvalue weighted by atomic mass is 16.4. The minimum absolute atomic E-state index is 0.115. The third kappa shape index (κ3) is 9.09. The van der Waals surface area contributed by atoms with Crippen molar-refractivity contribution in [1.29, 1.82) is 0 Å². The summed E-state index contributed by atoms with van der Waals surface area (Å²) < 4.78 is 0. The number of aromatic nitrogens is 2. The first-order valence-corrected chi connectivity index (χ1v) is 8.83. The Hall–Kier alpha value is -2.99. The molecule has 0 bridgehead atoms. The van der Waals surface area contributed by atoms with Crippen LogP contribution in [0.2, 0.25) is 0 Å². The summed E-state index contributed by atoms with van der Waals surface area (Å²) in [5, 5.41) is 15.6. The van der Waals surface area contributed by atoms with Gasteiger partial charge in [-0.25, -0.2) is 4.98 Å². The molecule has 0 fully saturated rings. The Kier molecular flexibility index (Phi) is 10.2. The molecule has 156 valence electrons. The summed E-state index contributed by atoms with van der Waals surface area (Å²) in [5.41, 5.74) is 11.9. The van der Waals surface area contributed by atoms with Gasteiger partial charge in [0.05, 0.1) is 18.9 Å². The second-order valence-corrected chi connectivity index (χ2v) is 6.12. The van der Waals surface area contributed by atoms with Crippen molar-refractivity contribution in [2.24, 2.45) is 11.5 Å². The average molecular weight is 397 g/mol. The summed E-state index contributed by atoms with van der Waals surface area (Å²) in [4.78, 5) is 53.4. The van der Waals surface area contributed by atoms with Gasteiger partial charge in [-0.2, -0.15) is 0 Å². The third-order valence-electron chi connectivity index (χ3n) is 3.78. The summed E-state index contributed by atoms with van der Waals surface area (Å²) in [7, 11) is 0. The Balaban J connectivity index is 2.62. The lowest BCUT2D eigenvalue weighted by atomic mass is 10.1. The lowest BCUT2D eigenvalue weighted by Gasteiger charge is -2.20. The number of hydrogen-bond donors (Lipinski definition) is 7. The fourth-order valence-corrected chi connectivity index (χ4v) is 2.27. The van der Waals surface area contributed by atoms with Crippen LogP contribution in [-0.4, -0.2) is 70.5 Å². The maximum Gasteiger partial charge on any atom is 0.322 e. The van der Waals surface area contributed by atoms with Gasteiger partial charge in [-0.1, -0.05) is 6.42 Å². The molecule has 12 heteroatoms. The van der Waals surface area contributed by atoms with Crippen molar-refractivity contribution in [2.75, 3.05) is 19.6 Å². The Bertz CT molecular complexity index is 650. The number of amides is 3. The Morgan fingerprint density at radius 1 is 1.14 bits per heavy atom. The van der Waals surface area contributed by atoms with Crippen LogP contribution in [0.15, 0.2) is 12.5 Å². The van der Waals surface area contributed by atoms with Gasteiger partial charge in [0.25, 0.3) is 0 Å². The van der Waals surface area contributed by atoms with E-state index in [1.54, 1.807) is 0 Å². The molecule has 0 saturated heterocycles. The van der Waals surface area contributed by atoms with Crippen LogP contribution in [0.5, 0.6) is 0 Å². The van der Waals surface area contributed by atoms with E-state index in [0.29, 0.717) is 25.1 Å². The molecular weight excluding hydrogens is 370 g/mol. The number of rotatable bonds is 13. The SMILES string of the molecule is NCCCCC(N)C(=O)NC(Cc1cnc[nH]1)C(=O)NCC(=O)NCC(=O)O. The van der Waals surface area contributed by atoms with E-state index in [-0.39, 0.29) is 6.42 Å². The summed E-state index contributed by atoms with van der Waals surface area (Å²) in [6.07, 6.45) is 4.91. The first-order chi connectivity index (χ1) is 13.3. The molecule has 1 aromatic heterocycles. The van der Waals surface area contributed by atoms with Gasteiger partial charge >= 0.3 is 5.97 Å². The molecule has 2 unspecified atom stereocenters. The van der Waals surface area contributed by atoms with Crippen molar-refractivity contribution in [2.45, 2.75) is 37.8 Å². The molecule has 9 N–H and O–H groups in total. The number of nitrogens with one attached hydrogen (secondary N) is 4. The fourth-order valence-electron chi connectivity index (χ4n) is 2.27. The molecule has 3 amide bonds. The first kappa shape index (κ1) is 23.0. The van der Waals surface area contributed by atoms with Crippen molar-refractivity contribution < 1.29 is 24.3 Å².